The van der Waals surface area contributed by atoms with E-state index in [1.807, 2.05) is 24.3 Å². The normalized spacial score (nSPS) is 16.0. The fourth-order valence-corrected chi connectivity index (χ4v) is 4.72. The molecule has 0 unspecified atom stereocenters. The number of halogens is 2. The highest BCUT2D eigenvalue weighted by Crippen LogP contribution is 2.21. The van der Waals surface area contributed by atoms with E-state index < -0.39 is 15.8 Å². The van der Waals surface area contributed by atoms with E-state index in [-0.39, 0.29) is 37.0 Å². The Bertz CT molecular complexity index is 970. The molecule has 142 valence electrons. The number of carbonyl (C=O) groups excluding carboxylic acids is 1. The molecule has 0 aromatic heterocycles. The lowest BCUT2D eigenvalue weighted by Crippen LogP contribution is -2.50. The van der Waals surface area contributed by atoms with Gasteiger partial charge in [0.2, 0.25) is 15.9 Å². The Morgan fingerprint density at radius 2 is 1.63 bits per heavy atom. The van der Waals surface area contributed by atoms with Gasteiger partial charge in [-0.1, -0.05) is 46.3 Å². The van der Waals surface area contributed by atoms with Gasteiger partial charge in [-0.05, 0) is 29.8 Å². The molecule has 1 saturated heterocycles. The molecule has 0 bridgehead atoms. The average Bonchev–Trinajstić information content (AvgIpc) is 2.67. The highest BCUT2D eigenvalue weighted by atomic mass is 79.9. The van der Waals surface area contributed by atoms with Gasteiger partial charge in [0.1, 0.15) is 10.7 Å². The first-order chi connectivity index (χ1) is 12.9. The molecule has 0 aliphatic carbocycles. The van der Waals surface area contributed by atoms with Crippen molar-refractivity contribution >= 4 is 37.9 Å². The molecule has 0 atom stereocenters. The largest absolute Gasteiger partial charge is 0.337 e. The first-order valence-corrected chi connectivity index (χ1v) is 10.6. The summed E-state index contributed by atoms with van der Waals surface area (Å²) in [6.45, 7) is 0.774. The van der Waals surface area contributed by atoms with E-state index in [9.17, 15) is 17.6 Å². The molecule has 3 rings (SSSR count). The Morgan fingerprint density at radius 1 is 1.00 bits per heavy atom. The number of rotatable bonds is 4. The van der Waals surface area contributed by atoms with Crippen LogP contribution in [0.25, 0.3) is 6.08 Å². The number of carbonyl (C=O) groups is 1. The van der Waals surface area contributed by atoms with Crippen molar-refractivity contribution in [3.63, 3.8) is 0 Å². The third kappa shape index (κ3) is 4.45. The standard InChI is InChI=1S/C19H18BrFN2O3S/c20-16-6-2-1-5-15(16)9-10-19(24)22-11-13-23(14-12-22)27(25,26)18-8-4-3-7-17(18)21/h1-10H,11-14H2/b10-9+. The van der Waals surface area contributed by atoms with Crippen LogP contribution in [0.4, 0.5) is 4.39 Å². The van der Waals surface area contributed by atoms with Crippen molar-refractivity contribution in [2.24, 2.45) is 0 Å². The number of nitrogens with zero attached hydrogens (tertiary/aromatic N) is 2. The Labute approximate surface area is 166 Å². The van der Waals surface area contributed by atoms with Crippen molar-refractivity contribution in [3.05, 3.63) is 70.5 Å². The minimum absolute atomic E-state index is 0.130. The second-order valence-electron chi connectivity index (χ2n) is 6.01. The summed E-state index contributed by atoms with van der Waals surface area (Å²) >= 11 is 3.42. The van der Waals surface area contributed by atoms with Crippen LogP contribution in [0.1, 0.15) is 5.56 Å². The zero-order valence-electron chi connectivity index (χ0n) is 14.4. The summed E-state index contributed by atoms with van der Waals surface area (Å²) in [5.74, 6) is -0.957. The van der Waals surface area contributed by atoms with Crippen LogP contribution in [0.3, 0.4) is 0 Å². The minimum atomic E-state index is -3.91. The van der Waals surface area contributed by atoms with Crippen LogP contribution in [-0.4, -0.2) is 49.7 Å². The van der Waals surface area contributed by atoms with E-state index in [1.165, 1.54) is 28.6 Å². The predicted octanol–water partition coefficient (Wildman–Crippen LogP) is 3.13. The van der Waals surface area contributed by atoms with Gasteiger partial charge in [-0.3, -0.25) is 4.79 Å². The topological polar surface area (TPSA) is 57.7 Å². The molecule has 1 amide bonds. The van der Waals surface area contributed by atoms with Crippen molar-refractivity contribution in [3.8, 4) is 0 Å². The van der Waals surface area contributed by atoms with Gasteiger partial charge in [0.25, 0.3) is 0 Å². The number of benzene rings is 2. The van der Waals surface area contributed by atoms with E-state index in [0.29, 0.717) is 0 Å². The van der Waals surface area contributed by atoms with Gasteiger partial charge in [0, 0.05) is 36.7 Å². The maximum atomic E-state index is 13.9. The van der Waals surface area contributed by atoms with E-state index >= 15 is 0 Å². The summed E-state index contributed by atoms with van der Waals surface area (Å²) < 4.78 is 41.1. The molecule has 0 N–H and O–H groups in total. The molecule has 2 aromatic rings. The van der Waals surface area contributed by atoms with Gasteiger partial charge in [-0.15, -0.1) is 0 Å². The number of hydrogen-bond donors (Lipinski definition) is 0. The van der Waals surface area contributed by atoms with Crippen LogP contribution in [-0.2, 0) is 14.8 Å². The van der Waals surface area contributed by atoms with Crippen LogP contribution in [0.15, 0.2) is 64.0 Å². The first-order valence-electron chi connectivity index (χ1n) is 8.36. The number of piperazine rings is 1. The maximum Gasteiger partial charge on any atom is 0.246 e. The van der Waals surface area contributed by atoms with Gasteiger partial charge >= 0.3 is 0 Å². The Hall–Kier alpha value is -2.03. The van der Waals surface area contributed by atoms with Crippen molar-refractivity contribution in [1.82, 2.24) is 9.21 Å². The summed E-state index contributed by atoms with van der Waals surface area (Å²) in [7, 11) is -3.91. The zero-order valence-corrected chi connectivity index (χ0v) is 16.8. The molecule has 0 spiro atoms. The summed E-state index contributed by atoms with van der Waals surface area (Å²) in [5, 5.41) is 0. The number of hydrogen-bond acceptors (Lipinski definition) is 3. The van der Waals surface area contributed by atoms with Gasteiger partial charge in [0.05, 0.1) is 0 Å². The quantitative estimate of drug-likeness (QED) is 0.669. The lowest BCUT2D eigenvalue weighted by atomic mass is 10.2. The molecule has 1 heterocycles. The van der Waals surface area contributed by atoms with Gasteiger partial charge in [-0.25, -0.2) is 12.8 Å². The molecule has 1 aliphatic heterocycles. The molecular formula is C19H18BrFN2O3S. The maximum absolute atomic E-state index is 13.9. The van der Waals surface area contributed by atoms with Gasteiger partial charge < -0.3 is 4.90 Å². The number of sulfonamides is 1. The van der Waals surface area contributed by atoms with E-state index in [1.54, 1.807) is 11.0 Å². The fraction of sp³-hybridized carbons (Fsp3) is 0.211. The monoisotopic (exact) mass is 452 g/mol. The van der Waals surface area contributed by atoms with E-state index in [4.69, 9.17) is 0 Å². The molecule has 1 fully saturated rings. The second kappa shape index (κ2) is 8.33. The lowest BCUT2D eigenvalue weighted by molar-refractivity contribution is -0.127. The average molecular weight is 453 g/mol. The van der Waals surface area contributed by atoms with Crippen molar-refractivity contribution in [2.75, 3.05) is 26.2 Å². The first kappa shape index (κ1) is 19.7. The molecule has 1 aliphatic rings. The van der Waals surface area contributed by atoms with Crippen LogP contribution >= 0.6 is 15.9 Å². The zero-order chi connectivity index (χ0) is 19.4. The molecule has 27 heavy (non-hydrogen) atoms. The van der Waals surface area contributed by atoms with Crippen molar-refractivity contribution < 1.29 is 17.6 Å². The van der Waals surface area contributed by atoms with E-state index in [2.05, 4.69) is 15.9 Å². The molecule has 0 saturated carbocycles. The van der Waals surface area contributed by atoms with Crippen LogP contribution in [0.2, 0.25) is 0 Å². The molecule has 5 nitrogen and oxygen atoms in total. The third-order valence-corrected chi connectivity index (χ3v) is 6.97. The predicted molar refractivity (Wildman–Crippen MR) is 105 cm³/mol. The van der Waals surface area contributed by atoms with Crippen LogP contribution in [0, 0.1) is 5.82 Å². The Balaban J connectivity index is 1.64. The molecular weight excluding hydrogens is 435 g/mol. The highest BCUT2D eigenvalue weighted by molar-refractivity contribution is 9.10. The molecule has 8 heteroatoms. The summed E-state index contributed by atoms with van der Waals surface area (Å²) in [5.41, 5.74) is 0.881. The third-order valence-electron chi connectivity index (χ3n) is 4.32. The number of amides is 1. The van der Waals surface area contributed by atoms with Gasteiger partial charge in [-0.2, -0.15) is 4.31 Å². The van der Waals surface area contributed by atoms with Crippen molar-refractivity contribution in [1.29, 1.82) is 0 Å². The summed E-state index contributed by atoms with van der Waals surface area (Å²) in [6.07, 6.45) is 3.19. The fourth-order valence-electron chi connectivity index (χ4n) is 2.82. The molecule has 0 radical (unpaired) electrons. The van der Waals surface area contributed by atoms with Crippen LogP contribution < -0.4 is 0 Å². The Morgan fingerprint density at radius 3 is 2.30 bits per heavy atom. The van der Waals surface area contributed by atoms with Crippen LogP contribution in [0.5, 0.6) is 0 Å². The minimum Gasteiger partial charge on any atom is -0.337 e. The van der Waals surface area contributed by atoms with E-state index in [0.717, 1.165) is 16.1 Å². The SMILES string of the molecule is O=C(/C=C/c1ccccc1Br)N1CCN(S(=O)(=O)c2ccccc2F)CC1. The van der Waals surface area contributed by atoms with Crippen molar-refractivity contribution in [2.45, 2.75) is 4.90 Å². The Kier molecular flexibility index (Phi) is 6.08. The second-order valence-corrected chi connectivity index (χ2v) is 8.78. The smallest absolute Gasteiger partial charge is 0.246 e. The highest BCUT2D eigenvalue weighted by Gasteiger charge is 2.31. The lowest BCUT2D eigenvalue weighted by Gasteiger charge is -2.33. The van der Waals surface area contributed by atoms with Gasteiger partial charge in [0.15, 0.2) is 0 Å². The summed E-state index contributed by atoms with van der Waals surface area (Å²) in [6, 6.07) is 12.8. The summed E-state index contributed by atoms with van der Waals surface area (Å²) in [4.78, 5) is 13.6. The molecule has 2 aromatic carbocycles.